The van der Waals surface area contributed by atoms with Gasteiger partial charge in [0.1, 0.15) is 0 Å². The number of β-amino-alcohol motifs (C(OH)–C–C–N with tert-alkyl or cyclic N) is 1. The minimum Gasteiger partial charge on any atom is -0.387 e. The smallest absolute Gasteiger partial charge is 0.0916 e. The van der Waals surface area contributed by atoms with Crippen LogP contribution in [0.25, 0.3) is 0 Å². The van der Waals surface area contributed by atoms with Gasteiger partial charge in [-0.1, -0.05) is 84.4 Å². The van der Waals surface area contributed by atoms with Crippen molar-refractivity contribution in [2.75, 3.05) is 32.7 Å². The van der Waals surface area contributed by atoms with Crippen LogP contribution in [-0.2, 0) is 0 Å². The third kappa shape index (κ3) is 6.69. The van der Waals surface area contributed by atoms with Crippen LogP contribution in [0.3, 0.4) is 0 Å². The summed E-state index contributed by atoms with van der Waals surface area (Å²) >= 11 is 5.96. The topological polar surface area (TPSA) is 26.7 Å². The van der Waals surface area contributed by atoms with E-state index in [0.29, 0.717) is 11.6 Å². The average molecular weight is 480 g/mol. The van der Waals surface area contributed by atoms with Gasteiger partial charge in [0.2, 0.25) is 0 Å². The van der Waals surface area contributed by atoms with Crippen molar-refractivity contribution >= 4 is 36.4 Å². The summed E-state index contributed by atoms with van der Waals surface area (Å²) in [6.07, 6.45) is -0.488. The highest BCUT2D eigenvalue weighted by Crippen LogP contribution is 2.29. The molecule has 1 fully saturated rings. The summed E-state index contributed by atoms with van der Waals surface area (Å²) in [5, 5.41) is 11.3. The van der Waals surface area contributed by atoms with Gasteiger partial charge in [-0.25, -0.2) is 0 Å². The maximum Gasteiger partial charge on any atom is 0.0916 e. The molecule has 1 heterocycles. The molecule has 1 N–H and O–H groups in total. The second-order valence-electron chi connectivity index (χ2n) is 7.63. The van der Waals surface area contributed by atoms with Crippen LogP contribution in [0.15, 0.2) is 84.9 Å². The zero-order chi connectivity index (χ0) is 20.1. The number of aliphatic hydroxyl groups is 1. The van der Waals surface area contributed by atoms with Gasteiger partial charge in [0.15, 0.2) is 0 Å². The molecule has 0 saturated carbocycles. The van der Waals surface area contributed by atoms with E-state index < -0.39 is 6.10 Å². The number of nitrogens with zero attached hydrogens (tertiary/aromatic N) is 2. The van der Waals surface area contributed by atoms with Crippen LogP contribution in [0.1, 0.15) is 28.8 Å². The van der Waals surface area contributed by atoms with Crippen LogP contribution in [0, 0.1) is 0 Å². The van der Waals surface area contributed by atoms with Crippen molar-refractivity contribution < 1.29 is 5.11 Å². The van der Waals surface area contributed by atoms with Gasteiger partial charge in [-0.3, -0.25) is 9.80 Å². The highest BCUT2D eigenvalue weighted by atomic mass is 35.5. The van der Waals surface area contributed by atoms with Gasteiger partial charge in [0.25, 0.3) is 0 Å². The van der Waals surface area contributed by atoms with E-state index in [1.165, 1.54) is 11.1 Å². The van der Waals surface area contributed by atoms with Gasteiger partial charge >= 0.3 is 0 Å². The number of benzene rings is 3. The molecule has 31 heavy (non-hydrogen) atoms. The van der Waals surface area contributed by atoms with E-state index in [1.54, 1.807) is 0 Å². The molecule has 0 spiro atoms. The fraction of sp³-hybridized carbons (Fsp3) is 0.280. The lowest BCUT2D eigenvalue weighted by Gasteiger charge is -2.40. The van der Waals surface area contributed by atoms with E-state index in [2.05, 4.69) is 70.5 Å². The van der Waals surface area contributed by atoms with E-state index >= 15 is 0 Å². The molecule has 3 aromatic carbocycles. The van der Waals surface area contributed by atoms with Gasteiger partial charge in [-0.05, 0) is 28.8 Å². The molecular formula is C25H29Cl3N2O. The molecule has 1 aliphatic rings. The van der Waals surface area contributed by atoms with Gasteiger partial charge in [0, 0.05) is 37.7 Å². The number of aliphatic hydroxyl groups excluding tert-OH is 1. The SMILES string of the molecule is Cl.Cl.OC(CN1CCN(C(c2ccccc2)c2ccccc2)CC1)c1ccc(Cl)cc1. The Labute approximate surface area is 202 Å². The monoisotopic (exact) mass is 478 g/mol. The van der Waals surface area contributed by atoms with Crippen LogP contribution in [0.5, 0.6) is 0 Å². The number of hydrogen-bond acceptors (Lipinski definition) is 3. The fourth-order valence-corrected chi connectivity index (χ4v) is 4.25. The highest BCUT2D eigenvalue weighted by Gasteiger charge is 2.27. The Morgan fingerprint density at radius 1 is 0.677 bits per heavy atom. The van der Waals surface area contributed by atoms with Crippen LogP contribution in [-0.4, -0.2) is 47.6 Å². The quantitative estimate of drug-likeness (QED) is 0.497. The van der Waals surface area contributed by atoms with E-state index in [0.717, 1.165) is 31.7 Å². The van der Waals surface area contributed by atoms with Crippen molar-refractivity contribution in [3.63, 3.8) is 0 Å². The molecule has 1 unspecified atom stereocenters. The first-order valence-electron chi connectivity index (χ1n) is 10.2. The maximum atomic E-state index is 10.6. The molecular weight excluding hydrogens is 451 g/mol. The fourth-order valence-electron chi connectivity index (χ4n) is 4.12. The minimum atomic E-state index is -0.488. The maximum absolute atomic E-state index is 10.6. The summed E-state index contributed by atoms with van der Waals surface area (Å²) in [5.74, 6) is 0. The summed E-state index contributed by atoms with van der Waals surface area (Å²) in [6, 6.07) is 29.2. The first kappa shape index (κ1) is 25.7. The molecule has 3 nitrogen and oxygen atoms in total. The zero-order valence-corrected chi connectivity index (χ0v) is 19.7. The second kappa shape index (κ2) is 12.4. The van der Waals surface area contributed by atoms with Crippen molar-refractivity contribution in [1.29, 1.82) is 0 Å². The van der Waals surface area contributed by atoms with Crippen molar-refractivity contribution in [3.8, 4) is 0 Å². The Morgan fingerprint density at radius 3 is 1.65 bits per heavy atom. The summed E-state index contributed by atoms with van der Waals surface area (Å²) in [7, 11) is 0. The number of halogens is 3. The van der Waals surface area contributed by atoms with Gasteiger partial charge in [-0.2, -0.15) is 0 Å². The summed E-state index contributed by atoms with van der Waals surface area (Å²) in [4.78, 5) is 4.90. The Bertz CT molecular complexity index is 846. The Kier molecular flexibility index (Phi) is 10.3. The zero-order valence-electron chi connectivity index (χ0n) is 17.3. The largest absolute Gasteiger partial charge is 0.387 e. The van der Waals surface area contributed by atoms with Crippen molar-refractivity contribution in [2.24, 2.45) is 0 Å². The molecule has 0 bridgehead atoms. The average Bonchev–Trinajstić information content (AvgIpc) is 2.77. The molecule has 0 aliphatic carbocycles. The molecule has 4 rings (SSSR count). The summed E-state index contributed by atoms with van der Waals surface area (Å²) in [5.41, 5.74) is 3.57. The third-order valence-electron chi connectivity index (χ3n) is 5.69. The molecule has 0 aromatic heterocycles. The molecule has 166 valence electrons. The summed E-state index contributed by atoms with van der Waals surface area (Å²) < 4.78 is 0. The van der Waals surface area contributed by atoms with E-state index in [4.69, 9.17) is 11.6 Å². The Hall–Kier alpha value is -1.59. The van der Waals surface area contributed by atoms with Gasteiger partial charge in [-0.15, -0.1) is 24.8 Å². The molecule has 1 saturated heterocycles. The van der Waals surface area contributed by atoms with Gasteiger partial charge < -0.3 is 5.11 Å². The Balaban J connectivity index is 0.00000171. The molecule has 1 atom stereocenters. The van der Waals surface area contributed by atoms with Crippen molar-refractivity contribution in [3.05, 3.63) is 107 Å². The van der Waals surface area contributed by atoms with E-state index in [1.807, 2.05) is 24.3 Å². The van der Waals surface area contributed by atoms with Crippen LogP contribution >= 0.6 is 36.4 Å². The summed E-state index contributed by atoms with van der Waals surface area (Å²) in [6.45, 7) is 4.49. The first-order chi connectivity index (χ1) is 14.2. The molecule has 6 heteroatoms. The molecule has 0 radical (unpaired) electrons. The number of rotatable bonds is 6. The van der Waals surface area contributed by atoms with Crippen LogP contribution < -0.4 is 0 Å². The Morgan fingerprint density at radius 2 is 1.16 bits per heavy atom. The standard InChI is InChI=1S/C25H27ClN2O.2ClH/c26-23-13-11-20(12-14-23)24(29)19-27-15-17-28(18-16-27)25(21-7-3-1-4-8-21)22-9-5-2-6-10-22;;/h1-14,24-25,29H,15-19H2;2*1H. The van der Waals surface area contributed by atoms with Crippen molar-refractivity contribution in [2.45, 2.75) is 12.1 Å². The highest BCUT2D eigenvalue weighted by molar-refractivity contribution is 6.30. The lowest BCUT2D eigenvalue weighted by molar-refractivity contribution is 0.0623. The van der Waals surface area contributed by atoms with Crippen molar-refractivity contribution in [1.82, 2.24) is 9.80 Å². The minimum absolute atomic E-state index is 0. The van der Waals surface area contributed by atoms with Crippen LogP contribution in [0.2, 0.25) is 5.02 Å². The lowest BCUT2D eigenvalue weighted by Crippen LogP contribution is -2.48. The number of piperazine rings is 1. The first-order valence-corrected chi connectivity index (χ1v) is 10.6. The van der Waals surface area contributed by atoms with Gasteiger partial charge in [0.05, 0.1) is 12.1 Å². The van der Waals surface area contributed by atoms with Crippen LogP contribution in [0.4, 0.5) is 0 Å². The third-order valence-corrected chi connectivity index (χ3v) is 5.94. The molecule has 3 aromatic rings. The normalized spacial score (nSPS) is 15.7. The lowest BCUT2D eigenvalue weighted by atomic mass is 9.96. The predicted octanol–water partition coefficient (Wildman–Crippen LogP) is 5.62. The second-order valence-corrected chi connectivity index (χ2v) is 8.06. The van der Waals surface area contributed by atoms with E-state index in [9.17, 15) is 5.11 Å². The van der Waals surface area contributed by atoms with E-state index in [-0.39, 0.29) is 30.9 Å². The predicted molar refractivity (Wildman–Crippen MR) is 134 cm³/mol. The molecule has 0 amide bonds. The molecule has 1 aliphatic heterocycles. The number of hydrogen-bond donors (Lipinski definition) is 1.